The summed E-state index contributed by atoms with van der Waals surface area (Å²) in [5.74, 6) is 0.616. The van der Waals surface area contributed by atoms with Gasteiger partial charge in [0.25, 0.3) is 0 Å². The molecule has 116 valence electrons. The Hall–Kier alpha value is -0.590. The summed E-state index contributed by atoms with van der Waals surface area (Å²) in [4.78, 5) is 2.60. The van der Waals surface area contributed by atoms with Gasteiger partial charge in [-0.15, -0.1) is 0 Å². The van der Waals surface area contributed by atoms with Crippen LogP contribution in [0.5, 0.6) is 0 Å². The van der Waals surface area contributed by atoms with Gasteiger partial charge in [-0.05, 0) is 75.8 Å². The van der Waals surface area contributed by atoms with Crippen molar-refractivity contribution in [2.24, 2.45) is 11.3 Å². The van der Waals surface area contributed by atoms with Crippen molar-refractivity contribution in [3.05, 3.63) is 0 Å². The normalized spacial score (nSPS) is 32.0. The molecule has 1 unspecified atom stereocenters. The molecular formula is C18H29N3. The summed E-state index contributed by atoms with van der Waals surface area (Å²) in [5.41, 5.74) is 0.455. The molecule has 0 aromatic carbocycles. The van der Waals surface area contributed by atoms with Gasteiger partial charge < -0.3 is 4.90 Å². The average Bonchev–Trinajstić information content (AvgIpc) is 3.42. The van der Waals surface area contributed by atoms with E-state index in [1.165, 1.54) is 77.3 Å². The number of nitrogens with one attached hydrogen (secondary N) is 1. The fourth-order valence-corrected chi connectivity index (χ4v) is 4.78. The van der Waals surface area contributed by atoms with Gasteiger partial charge in [0.05, 0.1) is 6.07 Å². The molecule has 1 spiro atoms. The molecule has 3 nitrogen and oxygen atoms in total. The van der Waals surface area contributed by atoms with Crippen LogP contribution in [0.2, 0.25) is 0 Å². The lowest BCUT2D eigenvalue weighted by Crippen LogP contribution is -2.56. The van der Waals surface area contributed by atoms with Gasteiger partial charge in [0.1, 0.15) is 5.54 Å². The van der Waals surface area contributed by atoms with Crippen LogP contribution in [0.15, 0.2) is 0 Å². The second-order valence-corrected chi connectivity index (χ2v) is 8.26. The van der Waals surface area contributed by atoms with E-state index in [9.17, 15) is 5.26 Å². The Kier molecular flexibility index (Phi) is 3.51. The Morgan fingerprint density at radius 1 is 1.05 bits per heavy atom. The molecule has 0 aromatic rings. The number of rotatable bonds is 5. The Labute approximate surface area is 129 Å². The molecular weight excluding hydrogens is 258 g/mol. The average molecular weight is 287 g/mol. The summed E-state index contributed by atoms with van der Waals surface area (Å²) in [6, 6.07) is 3.34. The highest BCUT2D eigenvalue weighted by atomic mass is 15.2. The van der Waals surface area contributed by atoms with Gasteiger partial charge in [0.15, 0.2) is 0 Å². The van der Waals surface area contributed by atoms with E-state index in [-0.39, 0.29) is 5.54 Å². The van der Waals surface area contributed by atoms with Crippen molar-refractivity contribution < 1.29 is 0 Å². The van der Waals surface area contributed by atoms with Crippen molar-refractivity contribution in [2.75, 3.05) is 19.6 Å². The number of hydrogen-bond acceptors (Lipinski definition) is 3. The Morgan fingerprint density at radius 3 is 2.24 bits per heavy atom. The standard InChI is InChI=1S/C18H29N3/c19-13-18(15-3-4-15,20-16-5-6-16)14-21-11-9-17(10-12-21)7-1-2-8-17/h15-16,20H,1-12,14H2. The molecule has 1 heterocycles. The van der Waals surface area contributed by atoms with Crippen LogP contribution in [-0.4, -0.2) is 36.1 Å². The van der Waals surface area contributed by atoms with Crippen LogP contribution >= 0.6 is 0 Å². The zero-order valence-corrected chi connectivity index (χ0v) is 13.2. The predicted molar refractivity (Wildman–Crippen MR) is 83.8 cm³/mol. The fraction of sp³-hybridized carbons (Fsp3) is 0.944. The second-order valence-electron chi connectivity index (χ2n) is 8.26. The van der Waals surface area contributed by atoms with Gasteiger partial charge in [-0.1, -0.05) is 12.8 Å². The molecule has 1 saturated heterocycles. The fourth-order valence-electron chi connectivity index (χ4n) is 4.78. The lowest BCUT2D eigenvalue weighted by atomic mass is 9.76. The lowest BCUT2D eigenvalue weighted by Gasteiger charge is -2.42. The van der Waals surface area contributed by atoms with E-state index in [0.29, 0.717) is 17.4 Å². The van der Waals surface area contributed by atoms with Crippen LogP contribution in [0, 0.1) is 22.7 Å². The number of nitrogens with zero attached hydrogens (tertiary/aromatic N) is 2. The van der Waals surface area contributed by atoms with E-state index >= 15 is 0 Å². The van der Waals surface area contributed by atoms with Crippen molar-refractivity contribution in [3.8, 4) is 6.07 Å². The third-order valence-electron chi connectivity index (χ3n) is 6.57. The van der Waals surface area contributed by atoms with E-state index < -0.39 is 0 Å². The quantitative estimate of drug-likeness (QED) is 0.844. The molecule has 1 N–H and O–H groups in total. The molecule has 0 amide bonds. The van der Waals surface area contributed by atoms with Crippen LogP contribution in [0.1, 0.15) is 64.2 Å². The van der Waals surface area contributed by atoms with Crippen molar-refractivity contribution in [3.63, 3.8) is 0 Å². The largest absolute Gasteiger partial charge is 0.300 e. The maximum atomic E-state index is 9.86. The maximum Gasteiger partial charge on any atom is 0.122 e. The van der Waals surface area contributed by atoms with Gasteiger partial charge >= 0.3 is 0 Å². The predicted octanol–water partition coefficient (Wildman–Crippen LogP) is 3.07. The number of piperidine rings is 1. The molecule has 3 heteroatoms. The first-order chi connectivity index (χ1) is 10.2. The molecule has 3 aliphatic carbocycles. The van der Waals surface area contributed by atoms with Crippen LogP contribution in [-0.2, 0) is 0 Å². The summed E-state index contributed by atoms with van der Waals surface area (Å²) in [6.45, 7) is 3.42. The molecule has 21 heavy (non-hydrogen) atoms. The maximum absolute atomic E-state index is 9.86. The highest BCUT2D eigenvalue weighted by Crippen LogP contribution is 2.47. The van der Waals surface area contributed by atoms with Crippen molar-refractivity contribution in [1.82, 2.24) is 10.2 Å². The van der Waals surface area contributed by atoms with Gasteiger partial charge in [0.2, 0.25) is 0 Å². The minimum Gasteiger partial charge on any atom is -0.300 e. The molecule has 1 aliphatic heterocycles. The van der Waals surface area contributed by atoms with Crippen molar-refractivity contribution in [2.45, 2.75) is 75.8 Å². The van der Waals surface area contributed by atoms with E-state index in [4.69, 9.17) is 0 Å². The zero-order valence-electron chi connectivity index (χ0n) is 13.2. The number of nitriles is 1. The highest BCUT2D eigenvalue weighted by Gasteiger charge is 2.49. The number of hydrogen-bond donors (Lipinski definition) is 1. The van der Waals surface area contributed by atoms with Crippen LogP contribution in [0.25, 0.3) is 0 Å². The van der Waals surface area contributed by atoms with Gasteiger partial charge in [-0.2, -0.15) is 5.26 Å². The summed E-state index contributed by atoms with van der Waals surface area (Å²) >= 11 is 0. The first-order valence-electron chi connectivity index (χ1n) is 9.15. The van der Waals surface area contributed by atoms with Crippen molar-refractivity contribution >= 4 is 0 Å². The van der Waals surface area contributed by atoms with Crippen molar-refractivity contribution in [1.29, 1.82) is 5.26 Å². The highest BCUT2D eigenvalue weighted by molar-refractivity contribution is 5.18. The zero-order chi connectivity index (χ0) is 14.3. The van der Waals surface area contributed by atoms with E-state index in [2.05, 4.69) is 16.3 Å². The third-order valence-corrected chi connectivity index (χ3v) is 6.57. The first-order valence-corrected chi connectivity index (χ1v) is 9.15. The smallest absolute Gasteiger partial charge is 0.122 e. The molecule has 3 saturated carbocycles. The molecule has 4 aliphatic rings. The molecule has 0 aromatic heterocycles. The summed E-state index contributed by atoms with van der Waals surface area (Å²) in [6.07, 6.45) is 13.7. The minimum absolute atomic E-state index is 0.235. The SMILES string of the molecule is N#CC(CN1CCC2(CCCC2)CC1)(NC1CC1)C1CC1. The van der Waals surface area contributed by atoms with E-state index in [1.54, 1.807) is 0 Å². The van der Waals surface area contributed by atoms with Gasteiger partial charge in [-0.25, -0.2) is 0 Å². The molecule has 4 rings (SSSR count). The third kappa shape index (κ3) is 2.85. The second kappa shape index (κ2) is 5.25. The minimum atomic E-state index is -0.235. The molecule has 4 fully saturated rings. The Bertz CT molecular complexity index is 416. The lowest BCUT2D eigenvalue weighted by molar-refractivity contribution is 0.0869. The van der Waals surface area contributed by atoms with Gasteiger partial charge in [0, 0.05) is 12.6 Å². The molecule has 1 atom stereocenters. The summed E-state index contributed by atoms with van der Waals surface area (Å²) in [5, 5.41) is 13.6. The first kappa shape index (κ1) is 14.0. The molecule has 0 radical (unpaired) electrons. The van der Waals surface area contributed by atoms with Crippen LogP contribution in [0.3, 0.4) is 0 Å². The Morgan fingerprint density at radius 2 is 1.71 bits per heavy atom. The molecule has 0 bridgehead atoms. The summed E-state index contributed by atoms with van der Waals surface area (Å²) in [7, 11) is 0. The van der Waals surface area contributed by atoms with E-state index in [1.807, 2.05) is 0 Å². The van der Waals surface area contributed by atoms with E-state index in [0.717, 1.165) is 6.54 Å². The monoisotopic (exact) mass is 287 g/mol. The topological polar surface area (TPSA) is 39.1 Å². The van der Waals surface area contributed by atoms with Crippen LogP contribution < -0.4 is 5.32 Å². The number of likely N-dealkylation sites (tertiary alicyclic amines) is 1. The van der Waals surface area contributed by atoms with Gasteiger partial charge in [-0.3, -0.25) is 5.32 Å². The Balaban J connectivity index is 1.38. The summed E-state index contributed by atoms with van der Waals surface area (Å²) < 4.78 is 0. The van der Waals surface area contributed by atoms with Crippen LogP contribution in [0.4, 0.5) is 0 Å².